The fourth-order valence-electron chi connectivity index (χ4n) is 3.94. The van der Waals surface area contributed by atoms with E-state index in [9.17, 15) is 14.0 Å². The minimum Gasteiger partial charge on any atom is -0.340 e. The van der Waals surface area contributed by atoms with Gasteiger partial charge in [0.05, 0.1) is 17.9 Å². The zero-order chi connectivity index (χ0) is 20.8. The van der Waals surface area contributed by atoms with Crippen molar-refractivity contribution >= 4 is 28.7 Å². The van der Waals surface area contributed by atoms with E-state index in [-0.39, 0.29) is 23.3 Å². The van der Waals surface area contributed by atoms with E-state index in [2.05, 4.69) is 15.0 Å². The van der Waals surface area contributed by atoms with Crippen LogP contribution in [0.15, 0.2) is 40.4 Å². The van der Waals surface area contributed by atoms with Gasteiger partial charge in [-0.25, -0.2) is 14.1 Å². The summed E-state index contributed by atoms with van der Waals surface area (Å²) in [6, 6.07) is 5.67. The van der Waals surface area contributed by atoms with Gasteiger partial charge >= 0.3 is 0 Å². The highest BCUT2D eigenvalue weighted by Crippen LogP contribution is 2.33. The normalized spacial score (nSPS) is 19.4. The lowest BCUT2D eigenvalue weighted by atomic mass is 10.2. The van der Waals surface area contributed by atoms with Gasteiger partial charge in [0.15, 0.2) is 10.8 Å². The monoisotopic (exact) mass is 428 g/mol. The lowest BCUT2D eigenvalue weighted by Crippen LogP contribution is -2.47. The number of hydrogen-bond acceptors (Lipinski definition) is 6. The Balaban J connectivity index is 1.45. The van der Waals surface area contributed by atoms with Crippen LogP contribution in [0.3, 0.4) is 0 Å². The molecule has 2 aliphatic rings. The molecule has 0 radical (unpaired) electrons. The Morgan fingerprint density at radius 3 is 2.67 bits per heavy atom. The molecule has 2 aliphatic heterocycles. The summed E-state index contributed by atoms with van der Waals surface area (Å²) in [6.07, 6.45) is 1.78. The molecule has 0 N–H and O–H groups in total. The van der Waals surface area contributed by atoms with Gasteiger partial charge in [-0.2, -0.15) is 5.10 Å². The molecule has 3 aromatic rings. The Bertz CT molecular complexity index is 1170. The van der Waals surface area contributed by atoms with E-state index in [4.69, 9.17) is 0 Å². The largest absolute Gasteiger partial charge is 0.340 e. The molecule has 0 saturated carbocycles. The fourth-order valence-corrected chi connectivity index (χ4v) is 5.07. The van der Waals surface area contributed by atoms with Gasteiger partial charge in [-0.05, 0) is 31.3 Å². The van der Waals surface area contributed by atoms with Crippen LogP contribution in [0.1, 0.15) is 12.5 Å². The summed E-state index contributed by atoms with van der Waals surface area (Å²) in [5.74, 6) is 0.376. The minimum atomic E-state index is -0.340. The summed E-state index contributed by atoms with van der Waals surface area (Å²) in [5.41, 5.74) is 0.883. The van der Waals surface area contributed by atoms with E-state index in [0.29, 0.717) is 34.1 Å². The molecule has 1 aromatic carbocycles. The summed E-state index contributed by atoms with van der Waals surface area (Å²) >= 11 is 1.48. The molecule has 2 aromatic heterocycles. The van der Waals surface area contributed by atoms with E-state index in [1.807, 2.05) is 11.9 Å². The number of fused-ring (bicyclic) bond motifs is 2. The Kier molecular flexibility index (Phi) is 4.82. The lowest BCUT2D eigenvalue weighted by Gasteiger charge is -2.33. The van der Waals surface area contributed by atoms with Gasteiger partial charge < -0.3 is 9.80 Å². The van der Waals surface area contributed by atoms with Gasteiger partial charge in [-0.1, -0.05) is 11.8 Å². The molecule has 5 rings (SSSR count). The van der Waals surface area contributed by atoms with Crippen molar-refractivity contribution in [3.05, 3.63) is 46.6 Å². The van der Waals surface area contributed by atoms with Gasteiger partial charge in [-0.15, -0.1) is 0 Å². The fraction of sp³-hybridized carbons (Fsp3) is 0.400. The molecule has 4 heterocycles. The summed E-state index contributed by atoms with van der Waals surface area (Å²) in [4.78, 5) is 34.7. The Morgan fingerprint density at radius 1 is 1.20 bits per heavy atom. The number of nitrogens with zero attached hydrogens (tertiary/aromatic N) is 6. The first-order valence-corrected chi connectivity index (χ1v) is 10.8. The first-order chi connectivity index (χ1) is 14.5. The predicted molar refractivity (Wildman–Crippen MR) is 112 cm³/mol. The summed E-state index contributed by atoms with van der Waals surface area (Å²) < 4.78 is 16.4. The number of carbonyl (C=O) groups is 1. The van der Waals surface area contributed by atoms with Crippen LogP contribution in [0.4, 0.5) is 4.39 Å². The van der Waals surface area contributed by atoms with Gasteiger partial charge in [-0.3, -0.25) is 14.2 Å². The second-order valence-corrected chi connectivity index (χ2v) is 8.68. The minimum absolute atomic E-state index is 0.0792. The van der Waals surface area contributed by atoms with Crippen molar-refractivity contribution in [3.8, 4) is 5.69 Å². The number of carbonyl (C=O) groups excluding carboxylic acids is 1. The standard InChI is InChI=1S/C20H21FN6O2S/c1-24-6-8-25(9-7-24)17(28)10-15-12-30-20-23-18-16(19(29)26(15)20)11-22-27(18)14-4-2-13(21)3-5-14/h2-5,11,15H,6-10,12H2,1H3. The number of hydrogen-bond donors (Lipinski definition) is 0. The molecule has 1 unspecified atom stereocenters. The van der Waals surface area contributed by atoms with Crippen LogP contribution in [0.5, 0.6) is 0 Å². The number of rotatable bonds is 3. The number of amides is 1. The number of likely N-dealkylation sites (N-methyl/N-ethyl adjacent to an activating group) is 1. The number of benzene rings is 1. The third-order valence-corrected chi connectivity index (χ3v) is 6.81. The van der Waals surface area contributed by atoms with Crippen molar-refractivity contribution in [3.63, 3.8) is 0 Å². The SMILES string of the molecule is CN1CCN(C(=O)CC2CSc3nc4c(cnn4-c4ccc(F)cc4)c(=O)n32)CC1. The van der Waals surface area contributed by atoms with Crippen molar-refractivity contribution in [2.24, 2.45) is 0 Å². The van der Waals surface area contributed by atoms with Crippen molar-refractivity contribution in [2.75, 3.05) is 39.0 Å². The van der Waals surface area contributed by atoms with Crippen molar-refractivity contribution in [1.82, 2.24) is 29.1 Å². The maximum absolute atomic E-state index is 13.3. The highest BCUT2D eigenvalue weighted by molar-refractivity contribution is 7.99. The summed E-state index contributed by atoms with van der Waals surface area (Å²) in [5, 5.41) is 5.27. The Labute approximate surface area is 176 Å². The maximum Gasteiger partial charge on any atom is 0.265 e. The third kappa shape index (κ3) is 3.29. The first-order valence-electron chi connectivity index (χ1n) is 9.86. The van der Waals surface area contributed by atoms with Crippen molar-refractivity contribution in [1.29, 1.82) is 0 Å². The summed E-state index contributed by atoms with van der Waals surface area (Å²) in [6.45, 7) is 3.18. The van der Waals surface area contributed by atoms with Crippen LogP contribution in [0.2, 0.25) is 0 Å². The zero-order valence-corrected chi connectivity index (χ0v) is 17.3. The van der Waals surface area contributed by atoms with E-state index in [1.165, 1.54) is 30.1 Å². The summed E-state index contributed by atoms with van der Waals surface area (Å²) in [7, 11) is 2.05. The van der Waals surface area contributed by atoms with Crippen LogP contribution in [0, 0.1) is 5.82 Å². The topological polar surface area (TPSA) is 76.3 Å². The Hall–Kier alpha value is -2.72. The van der Waals surface area contributed by atoms with E-state index < -0.39 is 0 Å². The van der Waals surface area contributed by atoms with Gasteiger partial charge in [0.2, 0.25) is 5.91 Å². The molecule has 0 spiro atoms. The van der Waals surface area contributed by atoms with Crippen molar-refractivity contribution < 1.29 is 9.18 Å². The van der Waals surface area contributed by atoms with Crippen LogP contribution in [-0.2, 0) is 4.79 Å². The average Bonchev–Trinajstić information content (AvgIpc) is 3.34. The molecule has 1 saturated heterocycles. The van der Waals surface area contributed by atoms with Gasteiger partial charge in [0, 0.05) is 38.4 Å². The number of halogens is 1. The van der Waals surface area contributed by atoms with Crippen LogP contribution < -0.4 is 5.56 Å². The molecule has 30 heavy (non-hydrogen) atoms. The molecular formula is C20H21FN6O2S. The average molecular weight is 428 g/mol. The number of piperazine rings is 1. The second-order valence-electron chi connectivity index (χ2n) is 7.69. The molecular weight excluding hydrogens is 407 g/mol. The maximum atomic E-state index is 13.3. The lowest BCUT2D eigenvalue weighted by molar-refractivity contribution is -0.133. The molecule has 0 bridgehead atoms. The van der Waals surface area contributed by atoms with Gasteiger partial charge in [0.1, 0.15) is 11.2 Å². The van der Waals surface area contributed by atoms with Gasteiger partial charge in [0.25, 0.3) is 5.56 Å². The van der Waals surface area contributed by atoms with Crippen LogP contribution >= 0.6 is 11.8 Å². The molecule has 0 aliphatic carbocycles. The number of thioether (sulfide) groups is 1. The van der Waals surface area contributed by atoms with Crippen LogP contribution in [0.25, 0.3) is 16.7 Å². The van der Waals surface area contributed by atoms with E-state index >= 15 is 0 Å². The van der Waals surface area contributed by atoms with E-state index in [1.54, 1.807) is 21.4 Å². The van der Waals surface area contributed by atoms with E-state index in [0.717, 1.165) is 26.2 Å². The third-order valence-electron chi connectivity index (χ3n) is 5.71. The second kappa shape index (κ2) is 7.51. The highest BCUT2D eigenvalue weighted by atomic mass is 32.2. The highest BCUT2D eigenvalue weighted by Gasteiger charge is 2.31. The smallest absolute Gasteiger partial charge is 0.265 e. The molecule has 1 amide bonds. The zero-order valence-electron chi connectivity index (χ0n) is 16.5. The molecule has 10 heteroatoms. The molecule has 1 fully saturated rings. The molecule has 1 atom stereocenters. The molecule has 8 nitrogen and oxygen atoms in total. The molecule has 156 valence electrons. The van der Waals surface area contributed by atoms with Crippen molar-refractivity contribution in [2.45, 2.75) is 17.6 Å². The Morgan fingerprint density at radius 2 is 1.93 bits per heavy atom. The van der Waals surface area contributed by atoms with Crippen LogP contribution in [-0.4, -0.2) is 74.0 Å². The first kappa shape index (κ1) is 19.3. The predicted octanol–water partition coefficient (Wildman–Crippen LogP) is 1.53. The number of aromatic nitrogens is 4. The quantitative estimate of drug-likeness (QED) is 0.589.